The van der Waals surface area contributed by atoms with E-state index in [0.717, 1.165) is 6.07 Å². The second-order valence-electron chi connectivity index (χ2n) is 3.02. The first kappa shape index (κ1) is 12.0. The normalized spacial score (nSPS) is 9.56. The molecule has 0 unspecified atom stereocenters. The van der Waals surface area contributed by atoms with Crippen molar-refractivity contribution in [1.29, 1.82) is 5.26 Å². The molecule has 0 heterocycles. The molecular weight excluding hydrogens is 213 g/mol. The fraction of sp³-hybridized carbons (Fsp3) is 0.273. The highest BCUT2D eigenvalue weighted by Crippen LogP contribution is 2.23. The Morgan fingerprint density at radius 3 is 2.88 bits per heavy atom. The monoisotopic (exact) mass is 223 g/mol. The first-order valence-corrected chi connectivity index (χ1v) is 4.66. The topological polar surface area (TPSA) is 70.3 Å². The number of carbonyl (C=O) groups is 1. The maximum atomic E-state index is 13.5. The molecule has 0 aliphatic heterocycles. The standard InChI is InChI=1S/C11H10FNO3/c1-2-16-10(15)5-8-9(14)4-3-7(6-13)11(8)12/h3-4,14H,2,5H2,1H3. The number of hydrogen-bond acceptors (Lipinski definition) is 4. The number of esters is 1. The van der Waals surface area contributed by atoms with E-state index < -0.39 is 11.8 Å². The van der Waals surface area contributed by atoms with E-state index in [9.17, 15) is 14.3 Å². The Morgan fingerprint density at radius 2 is 2.31 bits per heavy atom. The smallest absolute Gasteiger partial charge is 0.310 e. The number of nitrogens with zero attached hydrogens (tertiary/aromatic N) is 1. The highest BCUT2D eigenvalue weighted by Gasteiger charge is 2.16. The van der Waals surface area contributed by atoms with Crippen LogP contribution in [-0.2, 0) is 16.0 Å². The molecule has 0 spiro atoms. The van der Waals surface area contributed by atoms with Gasteiger partial charge in [0.15, 0.2) is 0 Å². The lowest BCUT2D eigenvalue weighted by atomic mass is 10.1. The zero-order chi connectivity index (χ0) is 12.1. The van der Waals surface area contributed by atoms with Gasteiger partial charge in [-0.3, -0.25) is 4.79 Å². The molecule has 0 bridgehead atoms. The molecule has 1 aromatic carbocycles. The van der Waals surface area contributed by atoms with E-state index >= 15 is 0 Å². The van der Waals surface area contributed by atoms with Crippen LogP contribution in [0.4, 0.5) is 4.39 Å². The van der Waals surface area contributed by atoms with E-state index in [1.807, 2.05) is 0 Å². The quantitative estimate of drug-likeness (QED) is 0.788. The fourth-order valence-corrected chi connectivity index (χ4v) is 1.22. The third kappa shape index (κ3) is 2.48. The summed E-state index contributed by atoms with van der Waals surface area (Å²) in [4.78, 5) is 11.1. The molecule has 5 heteroatoms. The lowest BCUT2D eigenvalue weighted by molar-refractivity contribution is -0.142. The summed E-state index contributed by atoms with van der Waals surface area (Å²) in [6.45, 7) is 1.80. The van der Waals surface area contributed by atoms with Crippen molar-refractivity contribution < 1.29 is 19.0 Å². The fourth-order valence-electron chi connectivity index (χ4n) is 1.22. The minimum absolute atomic E-state index is 0.180. The summed E-state index contributed by atoms with van der Waals surface area (Å²) in [6, 6.07) is 3.96. The highest BCUT2D eigenvalue weighted by molar-refractivity contribution is 5.74. The summed E-state index contributed by atoms with van der Waals surface area (Å²) in [5.74, 6) is -1.88. The van der Waals surface area contributed by atoms with Crippen LogP contribution in [0.5, 0.6) is 5.75 Å². The van der Waals surface area contributed by atoms with Crippen molar-refractivity contribution in [1.82, 2.24) is 0 Å². The third-order valence-corrected chi connectivity index (χ3v) is 1.97. The first-order valence-electron chi connectivity index (χ1n) is 4.66. The zero-order valence-electron chi connectivity index (χ0n) is 8.66. The van der Waals surface area contributed by atoms with Crippen molar-refractivity contribution in [3.8, 4) is 11.8 Å². The van der Waals surface area contributed by atoms with Gasteiger partial charge in [-0.15, -0.1) is 0 Å². The Morgan fingerprint density at radius 1 is 1.62 bits per heavy atom. The lowest BCUT2D eigenvalue weighted by Crippen LogP contribution is -2.09. The molecule has 1 aromatic rings. The second kappa shape index (κ2) is 5.12. The molecular formula is C11H10FNO3. The molecule has 84 valence electrons. The van der Waals surface area contributed by atoms with Crippen molar-refractivity contribution in [2.45, 2.75) is 13.3 Å². The molecule has 0 aliphatic carbocycles. The average molecular weight is 223 g/mol. The number of phenols is 1. The summed E-state index contributed by atoms with van der Waals surface area (Å²) >= 11 is 0. The molecule has 1 N–H and O–H groups in total. The minimum Gasteiger partial charge on any atom is -0.508 e. The number of ether oxygens (including phenoxy) is 1. The van der Waals surface area contributed by atoms with E-state index in [1.54, 1.807) is 13.0 Å². The van der Waals surface area contributed by atoms with E-state index in [0.29, 0.717) is 0 Å². The number of phenolic OH excluding ortho intramolecular Hbond substituents is 1. The SMILES string of the molecule is CCOC(=O)Cc1c(O)ccc(C#N)c1F. The molecule has 0 aliphatic rings. The van der Waals surface area contributed by atoms with Gasteiger partial charge in [0.05, 0.1) is 18.6 Å². The molecule has 16 heavy (non-hydrogen) atoms. The minimum atomic E-state index is -0.879. The average Bonchev–Trinajstić information content (AvgIpc) is 2.25. The van der Waals surface area contributed by atoms with Crippen LogP contribution in [0.25, 0.3) is 0 Å². The molecule has 0 atom stereocenters. The van der Waals surface area contributed by atoms with Crippen molar-refractivity contribution in [3.63, 3.8) is 0 Å². The Kier molecular flexibility index (Phi) is 3.84. The van der Waals surface area contributed by atoms with Crippen LogP contribution < -0.4 is 0 Å². The predicted octanol–water partition coefficient (Wildman–Crippen LogP) is 1.51. The number of aromatic hydroxyl groups is 1. The number of rotatable bonds is 3. The van der Waals surface area contributed by atoms with Crippen molar-refractivity contribution in [2.75, 3.05) is 6.61 Å². The number of nitriles is 1. The Bertz CT molecular complexity index is 451. The molecule has 4 nitrogen and oxygen atoms in total. The summed E-state index contributed by atoms with van der Waals surface area (Å²) in [7, 11) is 0. The summed E-state index contributed by atoms with van der Waals surface area (Å²) in [5.41, 5.74) is -0.422. The number of benzene rings is 1. The lowest BCUT2D eigenvalue weighted by Gasteiger charge is -2.06. The molecule has 0 saturated heterocycles. The third-order valence-electron chi connectivity index (χ3n) is 1.97. The second-order valence-corrected chi connectivity index (χ2v) is 3.02. The van der Waals surface area contributed by atoms with Gasteiger partial charge in [-0.1, -0.05) is 0 Å². The van der Waals surface area contributed by atoms with Gasteiger partial charge in [0, 0.05) is 5.56 Å². The Hall–Kier alpha value is -2.09. The van der Waals surface area contributed by atoms with E-state index in [4.69, 9.17) is 5.26 Å². The van der Waals surface area contributed by atoms with Gasteiger partial charge >= 0.3 is 5.97 Å². The number of carbonyl (C=O) groups excluding carboxylic acids is 1. The molecule has 0 radical (unpaired) electrons. The summed E-state index contributed by atoms with van der Waals surface area (Å²) in [5, 5.41) is 18.0. The van der Waals surface area contributed by atoms with E-state index in [2.05, 4.69) is 4.74 Å². The molecule has 0 fully saturated rings. The molecule has 0 aromatic heterocycles. The predicted molar refractivity (Wildman–Crippen MR) is 53.1 cm³/mol. The van der Waals surface area contributed by atoms with Crippen LogP contribution >= 0.6 is 0 Å². The van der Waals surface area contributed by atoms with Gasteiger partial charge in [0.1, 0.15) is 17.6 Å². The Labute approximate surface area is 91.9 Å². The summed E-state index contributed by atoms with van der Waals surface area (Å²) < 4.78 is 18.2. The first-order chi connectivity index (χ1) is 7.60. The maximum Gasteiger partial charge on any atom is 0.310 e. The van der Waals surface area contributed by atoms with E-state index in [-0.39, 0.29) is 29.9 Å². The molecule has 1 rings (SSSR count). The van der Waals surface area contributed by atoms with Crippen LogP contribution in [-0.4, -0.2) is 17.7 Å². The van der Waals surface area contributed by atoms with Gasteiger partial charge in [-0.05, 0) is 19.1 Å². The van der Waals surface area contributed by atoms with Gasteiger partial charge in [0.2, 0.25) is 0 Å². The van der Waals surface area contributed by atoms with Gasteiger partial charge in [0.25, 0.3) is 0 Å². The van der Waals surface area contributed by atoms with Gasteiger partial charge in [-0.25, -0.2) is 4.39 Å². The summed E-state index contributed by atoms with van der Waals surface area (Å²) in [6.07, 6.45) is -0.388. The number of halogens is 1. The highest BCUT2D eigenvalue weighted by atomic mass is 19.1. The zero-order valence-corrected chi connectivity index (χ0v) is 8.66. The van der Waals surface area contributed by atoms with Gasteiger partial charge < -0.3 is 9.84 Å². The van der Waals surface area contributed by atoms with Crippen LogP contribution in [0, 0.1) is 17.1 Å². The van der Waals surface area contributed by atoms with Gasteiger partial charge in [-0.2, -0.15) is 5.26 Å². The van der Waals surface area contributed by atoms with Crippen LogP contribution in [0.3, 0.4) is 0 Å². The van der Waals surface area contributed by atoms with Crippen molar-refractivity contribution in [2.24, 2.45) is 0 Å². The van der Waals surface area contributed by atoms with Crippen molar-refractivity contribution >= 4 is 5.97 Å². The van der Waals surface area contributed by atoms with Crippen LogP contribution in [0.2, 0.25) is 0 Å². The number of hydrogen-bond donors (Lipinski definition) is 1. The maximum absolute atomic E-state index is 13.5. The Balaban J connectivity index is 3.04. The van der Waals surface area contributed by atoms with Crippen LogP contribution in [0.15, 0.2) is 12.1 Å². The van der Waals surface area contributed by atoms with Crippen LogP contribution in [0.1, 0.15) is 18.1 Å². The molecule has 0 amide bonds. The van der Waals surface area contributed by atoms with E-state index in [1.165, 1.54) is 6.07 Å². The molecule has 0 saturated carbocycles. The largest absolute Gasteiger partial charge is 0.508 e. The van der Waals surface area contributed by atoms with Crippen molar-refractivity contribution in [3.05, 3.63) is 29.1 Å².